The molecule has 2 atom stereocenters. The van der Waals surface area contributed by atoms with Gasteiger partial charge in [0.05, 0.1) is 6.04 Å². The number of amides is 1. The minimum atomic E-state index is 0.0442. The molecule has 0 aliphatic carbocycles. The van der Waals surface area contributed by atoms with Crippen LogP contribution >= 0.6 is 15.9 Å². The average Bonchev–Trinajstić information content (AvgIpc) is 2.93. The molecule has 1 heterocycles. The molecule has 2 unspecified atom stereocenters. The molecule has 1 saturated heterocycles. The summed E-state index contributed by atoms with van der Waals surface area (Å²) in [6, 6.07) is 8.56. The topological polar surface area (TPSA) is 32.3 Å². The smallest absolute Gasteiger partial charge is 0.227 e. The van der Waals surface area contributed by atoms with Crippen LogP contribution in [0.5, 0.6) is 0 Å². The summed E-state index contributed by atoms with van der Waals surface area (Å²) in [5, 5.41) is 3.26. The molecule has 2 rings (SSSR count). The van der Waals surface area contributed by atoms with E-state index in [1.165, 1.54) is 5.56 Å². The molecule has 1 aliphatic heterocycles. The molecule has 1 fully saturated rings. The molecule has 4 heteroatoms. The number of benzene rings is 1. The summed E-state index contributed by atoms with van der Waals surface area (Å²) in [6.07, 6.45) is 2.16. The third-order valence-electron chi connectivity index (χ3n) is 3.89. The zero-order valence-electron chi connectivity index (χ0n) is 12.2. The van der Waals surface area contributed by atoms with Gasteiger partial charge in [-0.15, -0.1) is 0 Å². The molecule has 0 radical (unpaired) electrons. The van der Waals surface area contributed by atoms with Crippen LogP contribution in [-0.2, 0) is 4.79 Å². The van der Waals surface area contributed by atoms with E-state index in [0.717, 1.165) is 36.9 Å². The highest BCUT2D eigenvalue weighted by Crippen LogP contribution is 2.33. The average molecular weight is 339 g/mol. The molecule has 0 saturated carbocycles. The second-order valence-electron chi connectivity index (χ2n) is 5.45. The summed E-state index contributed by atoms with van der Waals surface area (Å²) in [6.45, 7) is 6.63. The lowest BCUT2D eigenvalue weighted by atomic mass is 10.0. The summed E-state index contributed by atoms with van der Waals surface area (Å²) in [4.78, 5) is 14.7. The van der Waals surface area contributed by atoms with E-state index in [9.17, 15) is 4.79 Å². The Labute approximate surface area is 129 Å². The van der Waals surface area contributed by atoms with Crippen molar-refractivity contribution in [3.63, 3.8) is 0 Å². The first kappa shape index (κ1) is 15.5. The number of likely N-dealkylation sites (tertiary alicyclic amines) is 1. The van der Waals surface area contributed by atoms with Gasteiger partial charge in [-0.3, -0.25) is 4.79 Å². The summed E-state index contributed by atoms with van der Waals surface area (Å²) in [5.41, 5.74) is 1.24. The van der Waals surface area contributed by atoms with Gasteiger partial charge < -0.3 is 10.2 Å². The lowest BCUT2D eigenvalue weighted by Gasteiger charge is -2.28. The number of halogens is 1. The van der Waals surface area contributed by atoms with Crippen molar-refractivity contribution >= 4 is 21.8 Å². The van der Waals surface area contributed by atoms with E-state index >= 15 is 0 Å². The fraction of sp³-hybridized carbons (Fsp3) is 0.562. The zero-order valence-corrected chi connectivity index (χ0v) is 13.8. The molecule has 20 heavy (non-hydrogen) atoms. The van der Waals surface area contributed by atoms with Gasteiger partial charge in [0.1, 0.15) is 0 Å². The Morgan fingerprint density at radius 1 is 1.55 bits per heavy atom. The van der Waals surface area contributed by atoms with E-state index in [0.29, 0.717) is 0 Å². The molecule has 0 aromatic heterocycles. The van der Waals surface area contributed by atoms with Crippen molar-refractivity contribution < 1.29 is 4.79 Å². The Morgan fingerprint density at radius 3 is 3.05 bits per heavy atom. The van der Waals surface area contributed by atoms with Crippen LogP contribution in [0.15, 0.2) is 28.7 Å². The van der Waals surface area contributed by atoms with E-state index < -0.39 is 0 Å². The fourth-order valence-corrected chi connectivity index (χ4v) is 3.24. The normalized spacial score (nSPS) is 20.1. The minimum absolute atomic E-state index is 0.0442. The molecule has 1 N–H and O–H groups in total. The zero-order chi connectivity index (χ0) is 14.5. The van der Waals surface area contributed by atoms with Crippen molar-refractivity contribution in [1.29, 1.82) is 0 Å². The van der Waals surface area contributed by atoms with Crippen LogP contribution in [0.3, 0.4) is 0 Å². The fourth-order valence-electron chi connectivity index (χ4n) is 2.82. The van der Waals surface area contributed by atoms with Crippen LogP contribution in [0.1, 0.15) is 38.3 Å². The summed E-state index contributed by atoms with van der Waals surface area (Å²) in [5.74, 6) is 0.316. The Kier molecular flexibility index (Phi) is 5.61. The van der Waals surface area contributed by atoms with Gasteiger partial charge in [-0.2, -0.15) is 0 Å². The second-order valence-corrected chi connectivity index (χ2v) is 6.37. The van der Waals surface area contributed by atoms with E-state index in [1.807, 2.05) is 19.1 Å². The maximum absolute atomic E-state index is 12.6. The standard InChI is InChI=1S/C16H23BrN2O/c1-3-18-11-12(2)16(20)19-9-5-8-15(19)13-6-4-7-14(17)10-13/h4,6-7,10,12,15,18H,3,5,8-9,11H2,1-2H3. The third kappa shape index (κ3) is 3.61. The van der Waals surface area contributed by atoms with Gasteiger partial charge in [0, 0.05) is 23.5 Å². The largest absolute Gasteiger partial charge is 0.335 e. The van der Waals surface area contributed by atoms with Crippen LogP contribution in [-0.4, -0.2) is 30.4 Å². The number of hydrogen-bond acceptors (Lipinski definition) is 2. The van der Waals surface area contributed by atoms with Crippen molar-refractivity contribution in [2.75, 3.05) is 19.6 Å². The predicted molar refractivity (Wildman–Crippen MR) is 85.5 cm³/mol. The van der Waals surface area contributed by atoms with Gasteiger partial charge in [-0.1, -0.05) is 41.9 Å². The molecule has 1 aliphatic rings. The highest BCUT2D eigenvalue weighted by atomic mass is 79.9. The van der Waals surface area contributed by atoms with Crippen molar-refractivity contribution in [3.05, 3.63) is 34.3 Å². The van der Waals surface area contributed by atoms with Crippen LogP contribution in [0.4, 0.5) is 0 Å². The number of carbonyl (C=O) groups is 1. The van der Waals surface area contributed by atoms with Crippen LogP contribution in [0, 0.1) is 5.92 Å². The number of carbonyl (C=O) groups excluding carboxylic acids is 1. The number of hydrogen-bond donors (Lipinski definition) is 1. The maximum Gasteiger partial charge on any atom is 0.227 e. The quantitative estimate of drug-likeness (QED) is 0.892. The van der Waals surface area contributed by atoms with Crippen LogP contribution < -0.4 is 5.32 Å². The lowest BCUT2D eigenvalue weighted by molar-refractivity contribution is -0.135. The predicted octanol–water partition coefficient (Wildman–Crippen LogP) is 3.36. The molecule has 1 amide bonds. The molecule has 1 aromatic rings. The minimum Gasteiger partial charge on any atom is -0.335 e. The van der Waals surface area contributed by atoms with Crippen LogP contribution in [0.2, 0.25) is 0 Å². The SMILES string of the molecule is CCNCC(C)C(=O)N1CCCC1c1cccc(Br)c1. The van der Waals surface area contributed by atoms with Crippen molar-refractivity contribution in [1.82, 2.24) is 10.2 Å². The molecule has 0 bridgehead atoms. The monoisotopic (exact) mass is 338 g/mol. The molecular formula is C16H23BrN2O. The van der Waals surface area contributed by atoms with Crippen LogP contribution in [0.25, 0.3) is 0 Å². The second kappa shape index (κ2) is 7.23. The van der Waals surface area contributed by atoms with Gasteiger partial charge in [-0.25, -0.2) is 0 Å². The van der Waals surface area contributed by atoms with Crippen molar-refractivity contribution in [3.8, 4) is 0 Å². The van der Waals surface area contributed by atoms with E-state index in [-0.39, 0.29) is 17.9 Å². The van der Waals surface area contributed by atoms with Gasteiger partial charge in [-0.05, 0) is 37.1 Å². The van der Waals surface area contributed by atoms with E-state index in [1.54, 1.807) is 0 Å². The summed E-state index contributed by atoms with van der Waals surface area (Å²) in [7, 11) is 0. The highest BCUT2D eigenvalue weighted by molar-refractivity contribution is 9.10. The molecule has 1 aromatic carbocycles. The Balaban J connectivity index is 2.09. The summed E-state index contributed by atoms with van der Waals surface area (Å²) < 4.78 is 1.08. The first-order chi connectivity index (χ1) is 9.63. The van der Waals surface area contributed by atoms with E-state index in [4.69, 9.17) is 0 Å². The molecular weight excluding hydrogens is 316 g/mol. The van der Waals surface area contributed by atoms with Gasteiger partial charge in [0.2, 0.25) is 5.91 Å². The number of nitrogens with zero attached hydrogens (tertiary/aromatic N) is 1. The van der Waals surface area contributed by atoms with Crippen molar-refractivity contribution in [2.45, 2.75) is 32.7 Å². The lowest BCUT2D eigenvalue weighted by Crippen LogP contribution is -2.38. The summed E-state index contributed by atoms with van der Waals surface area (Å²) >= 11 is 3.52. The molecule has 110 valence electrons. The number of nitrogens with one attached hydrogen (secondary N) is 1. The maximum atomic E-state index is 12.6. The molecule has 3 nitrogen and oxygen atoms in total. The highest BCUT2D eigenvalue weighted by Gasteiger charge is 2.32. The Bertz CT molecular complexity index is 464. The number of rotatable bonds is 5. The van der Waals surface area contributed by atoms with E-state index in [2.05, 4.69) is 45.2 Å². The third-order valence-corrected chi connectivity index (χ3v) is 4.38. The first-order valence-electron chi connectivity index (χ1n) is 7.40. The molecule has 0 spiro atoms. The van der Waals surface area contributed by atoms with Gasteiger partial charge in [0.15, 0.2) is 0 Å². The van der Waals surface area contributed by atoms with Crippen molar-refractivity contribution in [2.24, 2.45) is 5.92 Å². The van der Waals surface area contributed by atoms with Gasteiger partial charge >= 0.3 is 0 Å². The van der Waals surface area contributed by atoms with Gasteiger partial charge in [0.25, 0.3) is 0 Å². The Hall–Kier alpha value is -0.870. The Morgan fingerprint density at radius 2 is 2.35 bits per heavy atom. The first-order valence-corrected chi connectivity index (χ1v) is 8.19.